The Bertz CT molecular complexity index is 2070. The molecule has 5 heterocycles. The maximum absolute atomic E-state index is 4.92. The molecule has 0 unspecified atom stereocenters. The Morgan fingerprint density at radius 3 is 1.95 bits per heavy atom. The number of pyridine rings is 3. The van der Waals surface area contributed by atoms with Crippen LogP contribution in [0.1, 0.15) is 0 Å². The van der Waals surface area contributed by atoms with Crippen LogP contribution >= 0.6 is 11.3 Å². The number of rotatable bonds is 3. The van der Waals surface area contributed by atoms with Gasteiger partial charge in [0.1, 0.15) is 4.83 Å². The van der Waals surface area contributed by atoms with Gasteiger partial charge in [0.15, 0.2) is 0 Å². The fraction of sp³-hybridized carbons (Fsp3) is 0. The molecule has 0 aliphatic carbocycles. The molecule has 0 spiro atoms. The fourth-order valence-corrected chi connectivity index (χ4v) is 6.54. The average Bonchev–Trinajstić information content (AvgIpc) is 3.53. The molecule has 4 nitrogen and oxygen atoms in total. The molecule has 178 valence electrons. The van der Waals surface area contributed by atoms with E-state index in [0.717, 1.165) is 43.9 Å². The smallest absolute Gasteiger partial charge is 0.126 e. The summed E-state index contributed by atoms with van der Waals surface area (Å²) in [6.45, 7) is 0. The molecule has 38 heavy (non-hydrogen) atoms. The Morgan fingerprint density at radius 2 is 1.24 bits per heavy atom. The van der Waals surface area contributed by atoms with Crippen LogP contribution in [0.4, 0.5) is 0 Å². The van der Waals surface area contributed by atoms with E-state index in [9.17, 15) is 0 Å². The third kappa shape index (κ3) is 3.19. The molecule has 0 aliphatic heterocycles. The molecule has 0 radical (unpaired) electrons. The molecule has 3 aromatic carbocycles. The third-order valence-corrected chi connectivity index (χ3v) is 8.21. The molecule has 5 heteroatoms. The summed E-state index contributed by atoms with van der Waals surface area (Å²) in [4.78, 5) is 15.3. The Labute approximate surface area is 222 Å². The lowest BCUT2D eigenvalue weighted by Gasteiger charge is -2.13. The molecular weight excluding hydrogens is 484 g/mol. The first-order chi connectivity index (χ1) is 18.8. The molecular formula is C33H20N4S. The Balaban J connectivity index is 1.54. The number of nitrogens with zero attached hydrogens (tertiary/aromatic N) is 4. The zero-order valence-corrected chi connectivity index (χ0v) is 21.1. The van der Waals surface area contributed by atoms with Crippen LogP contribution in [0.5, 0.6) is 0 Å². The lowest BCUT2D eigenvalue weighted by Crippen LogP contribution is -1.97. The van der Waals surface area contributed by atoms with Crippen LogP contribution in [0.25, 0.3) is 70.3 Å². The highest BCUT2D eigenvalue weighted by molar-refractivity contribution is 7.25. The predicted octanol–water partition coefficient (Wildman–Crippen LogP) is 8.67. The summed E-state index contributed by atoms with van der Waals surface area (Å²) < 4.78 is 3.64. The molecule has 0 aliphatic rings. The second kappa shape index (κ2) is 8.33. The molecule has 0 fully saturated rings. The van der Waals surface area contributed by atoms with E-state index >= 15 is 0 Å². The van der Waals surface area contributed by atoms with Crippen molar-refractivity contribution < 1.29 is 0 Å². The fourth-order valence-electron chi connectivity index (χ4n) is 5.49. The minimum atomic E-state index is 0.931. The van der Waals surface area contributed by atoms with E-state index in [0.29, 0.717) is 0 Å². The van der Waals surface area contributed by atoms with Gasteiger partial charge in [-0.1, -0.05) is 48.5 Å². The van der Waals surface area contributed by atoms with E-state index in [1.807, 2.05) is 42.9 Å². The monoisotopic (exact) mass is 504 g/mol. The number of aromatic nitrogens is 4. The van der Waals surface area contributed by atoms with Crippen molar-refractivity contribution in [2.45, 2.75) is 0 Å². The first-order valence-electron chi connectivity index (χ1n) is 12.5. The van der Waals surface area contributed by atoms with Crippen molar-refractivity contribution in [3.8, 4) is 28.2 Å². The van der Waals surface area contributed by atoms with E-state index < -0.39 is 0 Å². The van der Waals surface area contributed by atoms with Crippen LogP contribution in [0.3, 0.4) is 0 Å². The Hall–Kier alpha value is -4.87. The van der Waals surface area contributed by atoms with Crippen molar-refractivity contribution in [3.63, 3.8) is 0 Å². The minimum absolute atomic E-state index is 0.931. The summed E-state index contributed by atoms with van der Waals surface area (Å²) >= 11 is 1.75. The topological polar surface area (TPSA) is 43.6 Å². The van der Waals surface area contributed by atoms with Crippen molar-refractivity contribution in [2.24, 2.45) is 0 Å². The maximum Gasteiger partial charge on any atom is 0.126 e. The quantitative estimate of drug-likeness (QED) is 0.242. The minimum Gasteiger partial charge on any atom is -0.308 e. The lowest BCUT2D eigenvalue weighted by atomic mass is 10.0. The van der Waals surface area contributed by atoms with Gasteiger partial charge in [0.05, 0.1) is 22.4 Å². The average molecular weight is 505 g/mol. The lowest BCUT2D eigenvalue weighted by molar-refractivity contribution is 1.18. The number of hydrogen-bond donors (Lipinski definition) is 0. The molecule has 0 atom stereocenters. The highest BCUT2D eigenvalue weighted by atomic mass is 32.1. The van der Waals surface area contributed by atoms with Crippen molar-refractivity contribution in [2.75, 3.05) is 0 Å². The Morgan fingerprint density at radius 1 is 0.579 bits per heavy atom. The van der Waals surface area contributed by atoms with E-state index in [1.54, 1.807) is 11.3 Å². The Kier molecular flexibility index (Phi) is 4.66. The van der Waals surface area contributed by atoms with Gasteiger partial charge in [0.2, 0.25) is 0 Å². The summed E-state index contributed by atoms with van der Waals surface area (Å²) in [7, 11) is 0. The van der Waals surface area contributed by atoms with Gasteiger partial charge < -0.3 is 4.57 Å². The van der Waals surface area contributed by atoms with Gasteiger partial charge in [-0.2, -0.15) is 0 Å². The number of thiophene rings is 1. The van der Waals surface area contributed by atoms with Gasteiger partial charge in [0, 0.05) is 61.6 Å². The van der Waals surface area contributed by atoms with Crippen LogP contribution < -0.4 is 0 Å². The van der Waals surface area contributed by atoms with E-state index in [-0.39, 0.29) is 0 Å². The number of hydrogen-bond acceptors (Lipinski definition) is 4. The second-order valence-electron chi connectivity index (χ2n) is 9.35. The third-order valence-electron chi connectivity index (χ3n) is 7.14. The second-order valence-corrected chi connectivity index (χ2v) is 10.4. The van der Waals surface area contributed by atoms with Crippen molar-refractivity contribution in [1.82, 2.24) is 19.5 Å². The summed E-state index contributed by atoms with van der Waals surface area (Å²) in [5, 5.41) is 4.77. The zero-order chi connectivity index (χ0) is 25.1. The summed E-state index contributed by atoms with van der Waals surface area (Å²) in [5.41, 5.74) is 7.37. The SMILES string of the molecule is c1ccc(-c2cc(-c3ccccn3)cc(-n3c4ccccc4c4cnc5sc6ccccc6c5c43)c2)nc1. The number of para-hydroxylation sites is 1. The van der Waals surface area contributed by atoms with Gasteiger partial charge in [0.25, 0.3) is 0 Å². The summed E-state index contributed by atoms with van der Waals surface area (Å²) in [5.74, 6) is 0. The largest absolute Gasteiger partial charge is 0.308 e. The summed E-state index contributed by atoms with van der Waals surface area (Å²) in [6, 6.07) is 35.9. The standard InChI is InChI=1S/C33H20N4S/c1-3-13-29-24(9-1)26-20-36-33-31(25-10-2-4-14-30(25)38-33)32(26)37(29)23-18-21(27-11-5-7-15-34-27)17-22(19-23)28-12-6-8-16-35-28/h1-20H. The van der Waals surface area contributed by atoms with Crippen LogP contribution in [0.15, 0.2) is 122 Å². The highest BCUT2D eigenvalue weighted by Crippen LogP contribution is 2.42. The number of fused-ring (bicyclic) bond motifs is 7. The highest BCUT2D eigenvalue weighted by Gasteiger charge is 2.19. The van der Waals surface area contributed by atoms with Gasteiger partial charge in [-0.25, -0.2) is 4.98 Å². The van der Waals surface area contributed by atoms with Crippen molar-refractivity contribution in [3.05, 3.63) is 122 Å². The molecule has 0 N–H and O–H groups in total. The first-order valence-corrected chi connectivity index (χ1v) is 13.3. The summed E-state index contributed by atoms with van der Waals surface area (Å²) in [6.07, 6.45) is 5.72. The first kappa shape index (κ1) is 21.2. The van der Waals surface area contributed by atoms with Gasteiger partial charge >= 0.3 is 0 Å². The number of benzene rings is 3. The molecule has 0 saturated carbocycles. The molecule has 0 amide bonds. The van der Waals surface area contributed by atoms with E-state index in [4.69, 9.17) is 4.98 Å². The molecule has 8 aromatic rings. The van der Waals surface area contributed by atoms with Crippen molar-refractivity contribution in [1.29, 1.82) is 0 Å². The van der Waals surface area contributed by atoms with Crippen LogP contribution in [0, 0.1) is 0 Å². The van der Waals surface area contributed by atoms with E-state index in [2.05, 4.69) is 93.4 Å². The van der Waals surface area contributed by atoms with Crippen LogP contribution in [0.2, 0.25) is 0 Å². The maximum atomic E-state index is 4.92. The van der Waals surface area contributed by atoms with Crippen molar-refractivity contribution >= 4 is 53.4 Å². The molecule has 8 rings (SSSR count). The normalized spacial score (nSPS) is 11.7. The van der Waals surface area contributed by atoms with Crippen LogP contribution in [-0.2, 0) is 0 Å². The predicted molar refractivity (Wildman–Crippen MR) is 158 cm³/mol. The van der Waals surface area contributed by atoms with Gasteiger partial charge in [-0.3, -0.25) is 9.97 Å². The molecule has 5 aromatic heterocycles. The molecule has 0 saturated heterocycles. The molecule has 0 bridgehead atoms. The zero-order valence-electron chi connectivity index (χ0n) is 20.2. The van der Waals surface area contributed by atoms with Crippen LogP contribution in [-0.4, -0.2) is 19.5 Å². The van der Waals surface area contributed by atoms with E-state index in [1.165, 1.54) is 26.4 Å². The van der Waals surface area contributed by atoms with Gasteiger partial charge in [-0.05, 0) is 54.6 Å². The van der Waals surface area contributed by atoms with Gasteiger partial charge in [-0.15, -0.1) is 11.3 Å².